The van der Waals surface area contributed by atoms with E-state index in [-0.39, 0.29) is 29.4 Å². The van der Waals surface area contributed by atoms with Crippen LogP contribution in [-0.4, -0.2) is 30.5 Å². The van der Waals surface area contributed by atoms with Gasteiger partial charge in [-0.1, -0.05) is 27.7 Å². The molecule has 0 heterocycles. The molecule has 1 rings (SSSR count). The van der Waals surface area contributed by atoms with Crippen molar-refractivity contribution in [1.82, 2.24) is 4.90 Å². The lowest BCUT2D eigenvalue weighted by atomic mass is 9.84. The third kappa shape index (κ3) is 6.48. The molecule has 102 valence electrons. The van der Waals surface area contributed by atoms with Crippen LogP contribution < -0.4 is 5.73 Å². The summed E-state index contributed by atoms with van der Waals surface area (Å²) >= 11 is 0. The highest BCUT2D eigenvalue weighted by Crippen LogP contribution is 2.27. The van der Waals surface area contributed by atoms with Crippen molar-refractivity contribution in [3.8, 4) is 0 Å². The van der Waals surface area contributed by atoms with E-state index in [2.05, 4.69) is 37.6 Å². The molecule has 0 unspecified atom stereocenters. The Labute approximate surface area is 123 Å². The molecule has 0 spiro atoms. The Morgan fingerprint density at radius 2 is 1.94 bits per heavy atom. The second-order valence-electron chi connectivity index (χ2n) is 6.28. The maximum Gasteiger partial charge on any atom is 0.191 e. The molecule has 0 bridgehead atoms. The lowest BCUT2D eigenvalue weighted by Gasteiger charge is -2.26. The van der Waals surface area contributed by atoms with Crippen molar-refractivity contribution in [1.29, 1.82) is 0 Å². The molecule has 2 N–H and O–H groups in total. The van der Waals surface area contributed by atoms with E-state index in [1.807, 2.05) is 7.05 Å². The van der Waals surface area contributed by atoms with Crippen LogP contribution in [0.3, 0.4) is 0 Å². The van der Waals surface area contributed by atoms with Gasteiger partial charge in [-0.2, -0.15) is 0 Å². The van der Waals surface area contributed by atoms with Crippen LogP contribution in [0.1, 0.15) is 47.0 Å². The van der Waals surface area contributed by atoms with Gasteiger partial charge in [-0.05, 0) is 30.6 Å². The minimum Gasteiger partial charge on any atom is -0.370 e. The molecule has 0 radical (unpaired) electrons. The number of halogens is 1. The SMILES string of the molecule is CC(C)CC(C)(C)CN=C(N)N(C)C1CC1.I. The van der Waals surface area contributed by atoms with Crippen LogP contribution in [0.5, 0.6) is 0 Å². The summed E-state index contributed by atoms with van der Waals surface area (Å²) in [7, 11) is 2.05. The number of aliphatic imine (C=N–C) groups is 1. The summed E-state index contributed by atoms with van der Waals surface area (Å²) in [6, 6.07) is 0.650. The van der Waals surface area contributed by atoms with E-state index in [4.69, 9.17) is 5.73 Å². The van der Waals surface area contributed by atoms with Gasteiger partial charge in [0.2, 0.25) is 0 Å². The van der Waals surface area contributed by atoms with Crippen LogP contribution in [0.15, 0.2) is 4.99 Å². The molecule has 1 fully saturated rings. The summed E-state index contributed by atoms with van der Waals surface area (Å²) in [5, 5.41) is 0. The average Bonchev–Trinajstić information content (AvgIpc) is 2.94. The highest BCUT2D eigenvalue weighted by atomic mass is 127. The molecule has 0 aromatic carbocycles. The van der Waals surface area contributed by atoms with Crippen molar-refractivity contribution in [2.45, 2.75) is 53.0 Å². The van der Waals surface area contributed by atoms with Crippen LogP contribution in [0.25, 0.3) is 0 Å². The molecule has 1 aliphatic rings. The van der Waals surface area contributed by atoms with Gasteiger partial charge in [-0.25, -0.2) is 0 Å². The summed E-state index contributed by atoms with van der Waals surface area (Å²) in [5.74, 6) is 1.42. The first-order valence-electron chi connectivity index (χ1n) is 6.34. The summed E-state index contributed by atoms with van der Waals surface area (Å²) < 4.78 is 0. The van der Waals surface area contributed by atoms with Gasteiger partial charge in [0, 0.05) is 19.6 Å². The third-order valence-corrected chi connectivity index (χ3v) is 3.09. The van der Waals surface area contributed by atoms with Crippen molar-refractivity contribution in [2.75, 3.05) is 13.6 Å². The molecule has 3 nitrogen and oxygen atoms in total. The molecule has 0 aromatic rings. The van der Waals surface area contributed by atoms with E-state index in [9.17, 15) is 0 Å². The standard InChI is InChI=1S/C13H27N3.HI/c1-10(2)8-13(3,4)9-15-12(14)16(5)11-6-7-11;/h10-11H,6-9H2,1-5H3,(H2,14,15);1H. The topological polar surface area (TPSA) is 41.6 Å². The summed E-state index contributed by atoms with van der Waals surface area (Å²) in [4.78, 5) is 6.65. The van der Waals surface area contributed by atoms with Crippen LogP contribution in [-0.2, 0) is 0 Å². The van der Waals surface area contributed by atoms with E-state index in [0.29, 0.717) is 17.9 Å². The van der Waals surface area contributed by atoms with Crippen molar-refractivity contribution in [3.63, 3.8) is 0 Å². The van der Waals surface area contributed by atoms with E-state index >= 15 is 0 Å². The van der Waals surface area contributed by atoms with Gasteiger partial charge in [0.15, 0.2) is 5.96 Å². The van der Waals surface area contributed by atoms with Gasteiger partial charge in [0.1, 0.15) is 0 Å². The van der Waals surface area contributed by atoms with E-state index < -0.39 is 0 Å². The smallest absolute Gasteiger partial charge is 0.191 e. The molecule has 1 aliphatic carbocycles. The van der Waals surface area contributed by atoms with Gasteiger partial charge in [-0.3, -0.25) is 4.99 Å². The fraction of sp³-hybridized carbons (Fsp3) is 0.923. The van der Waals surface area contributed by atoms with Crippen molar-refractivity contribution < 1.29 is 0 Å². The molecule has 17 heavy (non-hydrogen) atoms. The number of nitrogens with zero attached hydrogens (tertiary/aromatic N) is 2. The number of guanidine groups is 1. The van der Waals surface area contributed by atoms with E-state index in [0.717, 1.165) is 6.54 Å². The molecule has 0 amide bonds. The molecular weight excluding hydrogens is 325 g/mol. The second-order valence-corrected chi connectivity index (χ2v) is 6.28. The van der Waals surface area contributed by atoms with Crippen molar-refractivity contribution in [3.05, 3.63) is 0 Å². The number of nitrogens with two attached hydrogens (primary N) is 1. The Morgan fingerprint density at radius 1 is 1.41 bits per heavy atom. The Bertz CT molecular complexity index is 257. The Morgan fingerprint density at radius 3 is 2.35 bits per heavy atom. The predicted octanol–water partition coefficient (Wildman–Crippen LogP) is 3.09. The zero-order chi connectivity index (χ0) is 12.3. The van der Waals surface area contributed by atoms with Gasteiger partial charge in [0.05, 0.1) is 0 Å². The molecule has 0 aromatic heterocycles. The zero-order valence-electron chi connectivity index (χ0n) is 11.9. The molecule has 0 aliphatic heterocycles. The van der Waals surface area contributed by atoms with Crippen LogP contribution in [0, 0.1) is 11.3 Å². The van der Waals surface area contributed by atoms with Gasteiger partial charge >= 0.3 is 0 Å². The van der Waals surface area contributed by atoms with Crippen LogP contribution >= 0.6 is 24.0 Å². The van der Waals surface area contributed by atoms with Gasteiger partial charge in [-0.15, -0.1) is 24.0 Å². The molecule has 0 saturated heterocycles. The third-order valence-electron chi connectivity index (χ3n) is 3.09. The zero-order valence-corrected chi connectivity index (χ0v) is 14.2. The quantitative estimate of drug-likeness (QED) is 0.469. The summed E-state index contributed by atoms with van der Waals surface area (Å²) in [5.41, 5.74) is 6.23. The number of hydrogen-bond donors (Lipinski definition) is 1. The highest BCUT2D eigenvalue weighted by molar-refractivity contribution is 14.0. The fourth-order valence-electron chi connectivity index (χ4n) is 2.23. The normalized spacial score (nSPS) is 16.9. The molecular formula is C13H28IN3. The van der Waals surface area contributed by atoms with Crippen LogP contribution in [0.4, 0.5) is 0 Å². The van der Waals surface area contributed by atoms with Crippen molar-refractivity contribution >= 4 is 29.9 Å². The minimum atomic E-state index is 0. The largest absolute Gasteiger partial charge is 0.370 e. The maximum atomic E-state index is 5.97. The highest BCUT2D eigenvalue weighted by Gasteiger charge is 2.27. The predicted molar refractivity (Wildman–Crippen MR) is 85.9 cm³/mol. The Balaban J connectivity index is 0.00000256. The first-order valence-corrected chi connectivity index (χ1v) is 6.34. The first kappa shape index (κ1) is 17.0. The Kier molecular flexibility index (Phi) is 6.81. The van der Waals surface area contributed by atoms with E-state index in [1.165, 1.54) is 19.3 Å². The van der Waals surface area contributed by atoms with Gasteiger partial charge < -0.3 is 10.6 Å². The minimum absolute atomic E-state index is 0. The van der Waals surface area contributed by atoms with E-state index in [1.54, 1.807) is 0 Å². The molecule has 1 saturated carbocycles. The number of rotatable bonds is 5. The summed E-state index contributed by atoms with van der Waals surface area (Å²) in [6.07, 6.45) is 3.72. The second kappa shape index (κ2) is 6.81. The maximum absolute atomic E-state index is 5.97. The van der Waals surface area contributed by atoms with Gasteiger partial charge in [0.25, 0.3) is 0 Å². The van der Waals surface area contributed by atoms with Crippen molar-refractivity contribution in [2.24, 2.45) is 22.1 Å². The lowest BCUT2D eigenvalue weighted by molar-refractivity contribution is 0.297. The first-order chi connectivity index (χ1) is 7.32. The fourth-order valence-corrected chi connectivity index (χ4v) is 2.23. The summed E-state index contributed by atoms with van der Waals surface area (Å²) in [6.45, 7) is 9.87. The average molecular weight is 353 g/mol. The van der Waals surface area contributed by atoms with Crippen LogP contribution in [0.2, 0.25) is 0 Å². The lowest BCUT2D eigenvalue weighted by Crippen LogP contribution is -2.36. The molecule has 0 atom stereocenters. The number of hydrogen-bond acceptors (Lipinski definition) is 1. The molecule has 4 heteroatoms. The monoisotopic (exact) mass is 353 g/mol. The Hall–Kier alpha value is 0.